The van der Waals surface area contributed by atoms with Gasteiger partial charge in [0.15, 0.2) is 0 Å². The van der Waals surface area contributed by atoms with E-state index in [-0.39, 0.29) is 4.88 Å². The van der Waals surface area contributed by atoms with Crippen molar-refractivity contribution in [1.29, 1.82) is 0 Å². The van der Waals surface area contributed by atoms with E-state index in [1.165, 1.54) is 17.5 Å². The van der Waals surface area contributed by atoms with Crippen LogP contribution >= 0.6 is 11.3 Å². The van der Waals surface area contributed by atoms with Gasteiger partial charge in [0.2, 0.25) is 0 Å². The number of carbonyl (C=O) groups is 1. The molecule has 1 atom stereocenters. The van der Waals surface area contributed by atoms with Crippen LogP contribution in [0.3, 0.4) is 0 Å². The van der Waals surface area contributed by atoms with Crippen LogP contribution in [0, 0.1) is 0 Å². The number of aliphatic carboxylic acids is 1. The molecule has 1 heterocycles. The van der Waals surface area contributed by atoms with Gasteiger partial charge in [0.05, 0.1) is 12.3 Å². The zero-order valence-electron chi connectivity index (χ0n) is 6.91. The topological polar surface area (TPSA) is 37.3 Å². The maximum atomic E-state index is 12.4. The summed E-state index contributed by atoms with van der Waals surface area (Å²) in [6.45, 7) is 0. The Morgan fingerprint density at radius 3 is 2.57 bits per heavy atom. The number of alkyl halides is 3. The fourth-order valence-corrected chi connectivity index (χ4v) is 1.89. The largest absolute Gasteiger partial charge is 0.481 e. The molecule has 1 aromatic rings. The molecule has 0 aliphatic carbocycles. The molecule has 0 fully saturated rings. The summed E-state index contributed by atoms with van der Waals surface area (Å²) in [5.74, 6) is -3.33. The minimum atomic E-state index is -4.50. The fraction of sp³-hybridized carbons (Fsp3) is 0.375. The number of carboxylic acid groups (broad SMARTS) is 1. The Hall–Kier alpha value is -1.04. The van der Waals surface area contributed by atoms with Crippen LogP contribution in [-0.4, -0.2) is 17.3 Å². The minimum absolute atomic E-state index is 0.0416. The summed E-state index contributed by atoms with van der Waals surface area (Å²) in [6, 6.07) is 2.77. The van der Waals surface area contributed by atoms with Crippen molar-refractivity contribution in [2.24, 2.45) is 0 Å². The van der Waals surface area contributed by atoms with Crippen molar-refractivity contribution in [3.8, 4) is 0 Å². The van der Waals surface area contributed by atoms with Gasteiger partial charge in [-0.25, -0.2) is 0 Å². The third-order valence-corrected chi connectivity index (χ3v) is 2.65. The van der Waals surface area contributed by atoms with Crippen LogP contribution in [0.2, 0.25) is 0 Å². The molecular formula is C8H7F3O2S. The summed E-state index contributed by atoms with van der Waals surface area (Å²) in [5.41, 5.74) is 0. The number of hydrogen-bond donors (Lipinski definition) is 1. The molecule has 0 saturated carbocycles. The van der Waals surface area contributed by atoms with E-state index in [1.807, 2.05) is 0 Å². The molecule has 1 aromatic heterocycles. The van der Waals surface area contributed by atoms with E-state index < -0.39 is 24.5 Å². The zero-order chi connectivity index (χ0) is 10.8. The van der Waals surface area contributed by atoms with Gasteiger partial charge in [-0.05, 0) is 11.4 Å². The third-order valence-electron chi connectivity index (χ3n) is 1.66. The van der Waals surface area contributed by atoms with E-state index >= 15 is 0 Å². The summed E-state index contributed by atoms with van der Waals surface area (Å²) in [6.07, 6.45) is -5.41. The lowest BCUT2D eigenvalue weighted by atomic mass is 10.0. The zero-order valence-corrected chi connectivity index (χ0v) is 7.73. The van der Waals surface area contributed by atoms with E-state index in [1.54, 1.807) is 0 Å². The van der Waals surface area contributed by atoms with Crippen molar-refractivity contribution >= 4 is 17.3 Å². The molecule has 0 radical (unpaired) electrons. The van der Waals surface area contributed by atoms with Crippen molar-refractivity contribution in [2.45, 2.75) is 18.5 Å². The summed E-state index contributed by atoms with van der Waals surface area (Å²) in [7, 11) is 0. The van der Waals surface area contributed by atoms with Crippen LogP contribution in [0.25, 0.3) is 0 Å². The predicted molar refractivity (Wildman–Crippen MR) is 45.4 cm³/mol. The van der Waals surface area contributed by atoms with Crippen LogP contribution in [0.15, 0.2) is 17.5 Å². The van der Waals surface area contributed by atoms with E-state index in [0.717, 1.165) is 11.3 Å². The van der Waals surface area contributed by atoms with Gasteiger partial charge in [0.1, 0.15) is 0 Å². The van der Waals surface area contributed by atoms with Gasteiger partial charge < -0.3 is 5.11 Å². The average molecular weight is 224 g/mol. The number of rotatable bonds is 3. The normalized spacial score (nSPS) is 13.9. The smallest absolute Gasteiger partial charge is 0.397 e. The van der Waals surface area contributed by atoms with Crippen molar-refractivity contribution < 1.29 is 23.1 Å². The number of hydrogen-bond acceptors (Lipinski definition) is 2. The standard InChI is InChI=1S/C8H7F3O2S/c9-8(10,11)5(4-7(12)13)6-2-1-3-14-6/h1-3,5H,4H2,(H,12,13). The molecule has 1 unspecified atom stereocenters. The van der Waals surface area contributed by atoms with Crippen LogP contribution in [-0.2, 0) is 4.79 Å². The van der Waals surface area contributed by atoms with Gasteiger partial charge in [-0.2, -0.15) is 13.2 Å². The maximum Gasteiger partial charge on any atom is 0.397 e. The molecule has 0 aliphatic rings. The third kappa shape index (κ3) is 2.73. The summed E-state index contributed by atoms with van der Waals surface area (Å²) < 4.78 is 37.2. The quantitative estimate of drug-likeness (QED) is 0.857. The van der Waals surface area contributed by atoms with Crippen LogP contribution in [0.5, 0.6) is 0 Å². The van der Waals surface area contributed by atoms with E-state index in [9.17, 15) is 18.0 Å². The Morgan fingerprint density at radius 1 is 1.57 bits per heavy atom. The minimum Gasteiger partial charge on any atom is -0.481 e. The number of halogens is 3. The molecule has 1 rings (SSSR count). The van der Waals surface area contributed by atoms with Gasteiger partial charge in [-0.3, -0.25) is 4.79 Å². The van der Waals surface area contributed by atoms with E-state index in [0.29, 0.717) is 0 Å². The number of carboxylic acids is 1. The molecule has 78 valence electrons. The van der Waals surface area contributed by atoms with Gasteiger partial charge in [-0.15, -0.1) is 11.3 Å². The maximum absolute atomic E-state index is 12.4. The Labute approximate surface area is 82.0 Å². The molecule has 0 amide bonds. The molecular weight excluding hydrogens is 217 g/mol. The first-order valence-electron chi connectivity index (χ1n) is 3.73. The Bertz CT molecular complexity index is 305. The van der Waals surface area contributed by atoms with Crippen molar-refractivity contribution in [3.05, 3.63) is 22.4 Å². The van der Waals surface area contributed by atoms with Gasteiger partial charge in [-0.1, -0.05) is 6.07 Å². The molecule has 0 saturated heterocycles. The van der Waals surface area contributed by atoms with Crippen LogP contribution in [0.1, 0.15) is 17.2 Å². The highest BCUT2D eigenvalue weighted by atomic mass is 32.1. The second-order valence-electron chi connectivity index (χ2n) is 2.71. The lowest BCUT2D eigenvalue weighted by Gasteiger charge is -2.16. The van der Waals surface area contributed by atoms with Crippen LogP contribution < -0.4 is 0 Å². The van der Waals surface area contributed by atoms with Crippen molar-refractivity contribution in [1.82, 2.24) is 0 Å². The molecule has 14 heavy (non-hydrogen) atoms. The molecule has 6 heteroatoms. The van der Waals surface area contributed by atoms with Gasteiger partial charge in [0, 0.05) is 4.88 Å². The molecule has 0 bridgehead atoms. The lowest BCUT2D eigenvalue weighted by molar-refractivity contribution is -0.162. The monoisotopic (exact) mass is 224 g/mol. The second-order valence-corrected chi connectivity index (χ2v) is 3.69. The molecule has 0 aromatic carbocycles. The van der Waals surface area contributed by atoms with Crippen molar-refractivity contribution in [2.75, 3.05) is 0 Å². The fourth-order valence-electron chi connectivity index (χ4n) is 1.04. The molecule has 1 N–H and O–H groups in total. The van der Waals surface area contributed by atoms with Gasteiger partial charge in [0.25, 0.3) is 0 Å². The SMILES string of the molecule is O=C(O)CC(c1cccs1)C(F)(F)F. The molecule has 2 nitrogen and oxygen atoms in total. The second kappa shape index (κ2) is 4.00. The lowest BCUT2D eigenvalue weighted by Crippen LogP contribution is -2.22. The Kier molecular flexibility index (Phi) is 3.15. The summed E-state index contributed by atoms with van der Waals surface area (Å²) in [5, 5.41) is 9.85. The highest BCUT2D eigenvalue weighted by molar-refractivity contribution is 7.10. The highest BCUT2D eigenvalue weighted by Gasteiger charge is 2.42. The highest BCUT2D eigenvalue weighted by Crippen LogP contribution is 2.39. The first-order chi connectivity index (χ1) is 6.41. The molecule has 0 spiro atoms. The van der Waals surface area contributed by atoms with Gasteiger partial charge >= 0.3 is 12.1 Å². The Balaban J connectivity index is 2.89. The van der Waals surface area contributed by atoms with E-state index in [4.69, 9.17) is 5.11 Å². The van der Waals surface area contributed by atoms with E-state index in [2.05, 4.69) is 0 Å². The number of thiophene rings is 1. The Morgan fingerprint density at radius 2 is 2.21 bits per heavy atom. The average Bonchev–Trinajstić information content (AvgIpc) is 2.49. The van der Waals surface area contributed by atoms with Crippen molar-refractivity contribution in [3.63, 3.8) is 0 Å². The predicted octanol–water partition coefficient (Wildman–Crippen LogP) is 2.87. The summed E-state index contributed by atoms with van der Waals surface area (Å²) in [4.78, 5) is 10.3. The first-order valence-corrected chi connectivity index (χ1v) is 4.61. The van der Waals surface area contributed by atoms with Crippen LogP contribution in [0.4, 0.5) is 13.2 Å². The first kappa shape index (κ1) is 11.0. The summed E-state index contributed by atoms with van der Waals surface area (Å²) >= 11 is 0.917. The molecule has 0 aliphatic heterocycles.